The molecule has 0 atom stereocenters. The topological polar surface area (TPSA) is 9.23 Å². The average Bonchev–Trinajstić information content (AvgIpc) is 2.45. The van der Waals surface area contributed by atoms with Crippen LogP contribution in [0.5, 0.6) is 5.75 Å². The minimum atomic E-state index is -4.37. The van der Waals surface area contributed by atoms with Gasteiger partial charge in [0.2, 0.25) is 0 Å². The Morgan fingerprint density at radius 2 is 1.76 bits per heavy atom. The van der Waals surface area contributed by atoms with Crippen molar-refractivity contribution >= 4 is 23.2 Å². The van der Waals surface area contributed by atoms with E-state index in [-0.39, 0.29) is 6.61 Å². The molecular weight excluding hydrogens is 324 g/mol. The first kappa shape index (κ1) is 16.0. The number of halogens is 5. The number of hydrogen-bond donors (Lipinski definition) is 0. The van der Waals surface area contributed by atoms with Crippen molar-refractivity contribution < 1.29 is 17.9 Å². The average molecular weight is 335 g/mol. The van der Waals surface area contributed by atoms with Gasteiger partial charge in [0.15, 0.2) is 0 Å². The molecule has 0 aliphatic carbocycles. The van der Waals surface area contributed by atoms with Gasteiger partial charge in [0.1, 0.15) is 12.4 Å². The number of hydrogen-bond acceptors (Lipinski definition) is 1. The zero-order valence-electron chi connectivity index (χ0n) is 10.8. The van der Waals surface area contributed by atoms with Crippen LogP contribution in [-0.2, 0) is 18.7 Å². The van der Waals surface area contributed by atoms with E-state index < -0.39 is 11.7 Å². The number of ether oxygens (including phenoxy) is 1. The van der Waals surface area contributed by atoms with Crippen LogP contribution in [0.1, 0.15) is 16.7 Å². The first-order chi connectivity index (χ1) is 9.90. The summed E-state index contributed by atoms with van der Waals surface area (Å²) in [6.07, 6.45) is -4.37. The molecule has 0 spiro atoms. The summed E-state index contributed by atoms with van der Waals surface area (Å²) < 4.78 is 43.3. The number of rotatable bonds is 4. The van der Waals surface area contributed by atoms with Gasteiger partial charge in [-0.2, -0.15) is 13.2 Å². The maximum Gasteiger partial charge on any atom is 0.416 e. The highest BCUT2D eigenvalue weighted by Crippen LogP contribution is 2.30. The molecule has 1 nitrogen and oxygen atoms in total. The van der Waals surface area contributed by atoms with E-state index in [9.17, 15) is 13.2 Å². The smallest absolute Gasteiger partial charge is 0.416 e. The molecule has 0 aliphatic rings. The lowest BCUT2D eigenvalue weighted by Crippen LogP contribution is -2.06. The first-order valence-electron chi connectivity index (χ1n) is 6.03. The molecule has 0 amide bonds. The third-order valence-corrected chi connectivity index (χ3v) is 3.40. The van der Waals surface area contributed by atoms with Crippen LogP contribution >= 0.6 is 23.2 Å². The van der Waals surface area contributed by atoms with Gasteiger partial charge in [-0.3, -0.25) is 0 Å². The van der Waals surface area contributed by atoms with Gasteiger partial charge in [-0.1, -0.05) is 29.8 Å². The van der Waals surface area contributed by atoms with Gasteiger partial charge < -0.3 is 4.74 Å². The highest BCUT2D eigenvalue weighted by atomic mass is 35.5. The molecule has 0 aliphatic heterocycles. The van der Waals surface area contributed by atoms with E-state index in [2.05, 4.69) is 0 Å². The Labute approximate surface area is 130 Å². The maximum absolute atomic E-state index is 12.6. The second-order valence-electron chi connectivity index (χ2n) is 4.39. The molecule has 0 bridgehead atoms. The Hall–Kier alpha value is -1.39. The second-order valence-corrected chi connectivity index (χ2v) is 5.06. The normalized spacial score (nSPS) is 11.5. The van der Waals surface area contributed by atoms with Gasteiger partial charge in [-0.25, -0.2) is 0 Å². The van der Waals surface area contributed by atoms with Crippen molar-refractivity contribution in [3.05, 3.63) is 64.2 Å². The summed E-state index contributed by atoms with van der Waals surface area (Å²) in [4.78, 5) is 0. The quantitative estimate of drug-likeness (QED) is 0.654. The Balaban J connectivity index is 2.10. The van der Waals surface area contributed by atoms with Crippen molar-refractivity contribution in [2.24, 2.45) is 0 Å². The largest absolute Gasteiger partial charge is 0.487 e. The van der Waals surface area contributed by atoms with E-state index in [0.29, 0.717) is 22.2 Å². The van der Waals surface area contributed by atoms with Gasteiger partial charge in [0.25, 0.3) is 0 Å². The lowest BCUT2D eigenvalue weighted by Gasteiger charge is -2.11. The molecule has 2 aromatic rings. The molecule has 0 aromatic heterocycles. The van der Waals surface area contributed by atoms with E-state index in [0.717, 1.165) is 17.7 Å². The summed E-state index contributed by atoms with van der Waals surface area (Å²) in [5.74, 6) is 0.733. The van der Waals surface area contributed by atoms with Gasteiger partial charge >= 0.3 is 6.18 Å². The zero-order valence-corrected chi connectivity index (χ0v) is 12.3. The molecule has 0 N–H and O–H groups in total. The highest BCUT2D eigenvalue weighted by molar-refractivity contribution is 6.32. The molecule has 2 aromatic carbocycles. The van der Waals surface area contributed by atoms with Crippen LogP contribution in [0.2, 0.25) is 5.02 Å². The predicted octanol–water partition coefficient (Wildman–Crippen LogP) is 5.68. The van der Waals surface area contributed by atoms with Gasteiger partial charge in [0, 0.05) is 5.88 Å². The first-order valence-corrected chi connectivity index (χ1v) is 6.94. The molecule has 112 valence electrons. The summed E-state index contributed by atoms with van der Waals surface area (Å²) in [7, 11) is 0. The van der Waals surface area contributed by atoms with E-state index in [4.69, 9.17) is 27.9 Å². The SMILES string of the molecule is FC(F)(F)c1cccc(COc2ccc(CCl)cc2Cl)c1. The molecular formula is C15H11Cl2F3O. The van der Waals surface area contributed by atoms with Crippen molar-refractivity contribution in [3.63, 3.8) is 0 Å². The van der Waals surface area contributed by atoms with Crippen LogP contribution in [0, 0.1) is 0 Å². The van der Waals surface area contributed by atoms with Crippen molar-refractivity contribution in [2.45, 2.75) is 18.7 Å². The van der Waals surface area contributed by atoms with Crippen LogP contribution in [0.4, 0.5) is 13.2 Å². The van der Waals surface area contributed by atoms with Gasteiger partial charge in [-0.05, 0) is 35.4 Å². The fourth-order valence-corrected chi connectivity index (χ4v) is 2.17. The second kappa shape index (κ2) is 6.58. The van der Waals surface area contributed by atoms with Crippen LogP contribution in [-0.4, -0.2) is 0 Å². The number of alkyl halides is 4. The van der Waals surface area contributed by atoms with Crippen LogP contribution in [0.25, 0.3) is 0 Å². The van der Waals surface area contributed by atoms with Crippen LogP contribution in [0.15, 0.2) is 42.5 Å². The van der Waals surface area contributed by atoms with E-state index in [1.54, 1.807) is 24.3 Å². The lowest BCUT2D eigenvalue weighted by molar-refractivity contribution is -0.137. The molecule has 0 fully saturated rings. The molecule has 0 unspecified atom stereocenters. The van der Waals surface area contributed by atoms with Gasteiger partial charge in [0.05, 0.1) is 10.6 Å². The fraction of sp³-hybridized carbons (Fsp3) is 0.200. The van der Waals surface area contributed by atoms with Crippen LogP contribution in [0.3, 0.4) is 0 Å². The summed E-state index contributed by atoms with van der Waals surface area (Å²) in [5.41, 5.74) is 0.558. The molecule has 21 heavy (non-hydrogen) atoms. The summed E-state index contributed by atoms with van der Waals surface area (Å²) in [6, 6.07) is 10.0. The molecule has 0 radical (unpaired) electrons. The van der Waals surface area contributed by atoms with E-state index >= 15 is 0 Å². The lowest BCUT2D eigenvalue weighted by atomic mass is 10.1. The van der Waals surface area contributed by atoms with Crippen molar-refractivity contribution in [1.29, 1.82) is 0 Å². The molecule has 0 saturated heterocycles. The Kier molecular flexibility index (Phi) is 5.01. The maximum atomic E-state index is 12.6. The minimum Gasteiger partial charge on any atom is -0.487 e. The fourth-order valence-electron chi connectivity index (χ4n) is 1.74. The zero-order chi connectivity index (χ0) is 15.5. The third-order valence-electron chi connectivity index (χ3n) is 2.80. The van der Waals surface area contributed by atoms with Crippen LogP contribution < -0.4 is 4.74 Å². The highest BCUT2D eigenvalue weighted by Gasteiger charge is 2.30. The third kappa shape index (κ3) is 4.29. The van der Waals surface area contributed by atoms with E-state index in [1.165, 1.54) is 6.07 Å². The monoisotopic (exact) mass is 334 g/mol. The summed E-state index contributed by atoms with van der Waals surface area (Å²) in [5, 5.41) is 0.375. The Morgan fingerprint density at radius 3 is 2.38 bits per heavy atom. The Bertz CT molecular complexity index is 627. The summed E-state index contributed by atoms with van der Waals surface area (Å²) in [6.45, 7) is 0.00383. The Morgan fingerprint density at radius 1 is 1.00 bits per heavy atom. The molecule has 6 heteroatoms. The minimum absolute atomic E-state index is 0.00383. The van der Waals surface area contributed by atoms with Gasteiger partial charge in [-0.15, -0.1) is 11.6 Å². The summed E-state index contributed by atoms with van der Waals surface area (Å²) >= 11 is 11.7. The predicted molar refractivity (Wildman–Crippen MR) is 76.8 cm³/mol. The van der Waals surface area contributed by atoms with Crippen molar-refractivity contribution in [3.8, 4) is 5.75 Å². The molecule has 0 saturated carbocycles. The molecule has 0 heterocycles. The molecule has 2 rings (SSSR count). The van der Waals surface area contributed by atoms with Crippen molar-refractivity contribution in [2.75, 3.05) is 0 Å². The number of benzene rings is 2. The van der Waals surface area contributed by atoms with Crippen molar-refractivity contribution in [1.82, 2.24) is 0 Å². The van der Waals surface area contributed by atoms with E-state index in [1.807, 2.05) is 0 Å². The standard InChI is InChI=1S/C15H11Cl2F3O/c16-8-10-4-5-14(13(17)7-10)21-9-11-2-1-3-12(6-11)15(18,19)20/h1-7H,8-9H2.